The molecule has 0 amide bonds. The fourth-order valence-electron chi connectivity index (χ4n) is 2.37. The number of hydrogen-bond acceptors (Lipinski definition) is 3. The quantitative estimate of drug-likeness (QED) is 0.863. The molecule has 1 unspecified atom stereocenters. The van der Waals surface area contributed by atoms with Gasteiger partial charge in [-0.2, -0.15) is 5.10 Å². The van der Waals surface area contributed by atoms with Crippen molar-refractivity contribution in [3.05, 3.63) is 40.4 Å². The number of fused-ring (bicyclic) bond motifs is 1. The molecule has 1 N–H and O–H groups in total. The van der Waals surface area contributed by atoms with Gasteiger partial charge in [0.15, 0.2) is 4.77 Å². The minimum absolute atomic E-state index is 0.150. The summed E-state index contributed by atoms with van der Waals surface area (Å²) in [6.45, 7) is 2.83. The van der Waals surface area contributed by atoms with Crippen LogP contribution < -0.4 is 4.74 Å². The largest absolute Gasteiger partial charge is 0.488 e. The molecule has 1 atom stereocenters. The van der Waals surface area contributed by atoms with Crippen molar-refractivity contribution < 1.29 is 4.74 Å². The summed E-state index contributed by atoms with van der Waals surface area (Å²) in [6.07, 6.45) is 1.95. The van der Waals surface area contributed by atoms with E-state index in [0.29, 0.717) is 4.77 Å². The lowest BCUT2D eigenvalue weighted by atomic mass is 10.1. The first-order chi connectivity index (χ1) is 8.78. The summed E-state index contributed by atoms with van der Waals surface area (Å²) >= 11 is 5.25. The third kappa shape index (κ3) is 1.95. The van der Waals surface area contributed by atoms with Gasteiger partial charge < -0.3 is 9.30 Å². The topological polar surface area (TPSA) is 42.8 Å². The van der Waals surface area contributed by atoms with E-state index in [1.807, 2.05) is 22.8 Å². The molecular weight excluding hydrogens is 246 g/mol. The van der Waals surface area contributed by atoms with Crippen molar-refractivity contribution in [2.75, 3.05) is 0 Å². The second kappa shape index (κ2) is 4.57. The monoisotopic (exact) mass is 261 g/mol. The van der Waals surface area contributed by atoms with Gasteiger partial charge in [0.25, 0.3) is 0 Å². The van der Waals surface area contributed by atoms with E-state index in [4.69, 9.17) is 17.0 Å². The molecular formula is C13H15N3OS. The van der Waals surface area contributed by atoms with Gasteiger partial charge in [0, 0.05) is 12.8 Å². The highest BCUT2D eigenvalue weighted by molar-refractivity contribution is 7.71. The molecule has 0 saturated carbocycles. The highest BCUT2D eigenvalue weighted by Gasteiger charge is 2.23. The Bertz CT molecular complexity index is 592. The van der Waals surface area contributed by atoms with Gasteiger partial charge in [-0.3, -0.25) is 5.10 Å². The second-order valence-electron chi connectivity index (χ2n) is 4.46. The first kappa shape index (κ1) is 11.5. The number of aryl methyl sites for hydroxylation is 1. The average Bonchev–Trinajstić information content (AvgIpc) is 2.94. The van der Waals surface area contributed by atoms with Crippen LogP contribution in [0.2, 0.25) is 0 Å². The summed E-state index contributed by atoms with van der Waals surface area (Å²) in [5.41, 5.74) is 1.27. The SMILES string of the molecule is CCc1n[nH]c(=S)n1CC1Cc2ccccc2O1. The van der Waals surface area contributed by atoms with Gasteiger partial charge >= 0.3 is 0 Å². The minimum Gasteiger partial charge on any atom is -0.488 e. The third-order valence-corrected chi connectivity index (χ3v) is 3.57. The number of nitrogens with zero attached hydrogens (tertiary/aromatic N) is 2. The summed E-state index contributed by atoms with van der Waals surface area (Å²) in [7, 11) is 0. The van der Waals surface area contributed by atoms with Crippen LogP contribution in [0, 0.1) is 4.77 Å². The van der Waals surface area contributed by atoms with E-state index in [9.17, 15) is 0 Å². The lowest BCUT2D eigenvalue weighted by Crippen LogP contribution is -2.22. The van der Waals surface area contributed by atoms with Crippen LogP contribution in [0.4, 0.5) is 0 Å². The van der Waals surface area contributed by atoms with Crippen molar-refractivity contribution in [1.29, 1.82) is 0 Å². The first-order valence-electron chi connectivity index (χ1n) is 6.16. The number of nitrogens with one attached hydrogen (secondary N) is 1. The van der Waals surface area contributed by atoms with E-state index < -0.39 is 0 Å². The number of aromatic nitrogens is 3. The normalized spacial score (nSPS) is 17.5. The molecule has 0 saturated heterocycles. The Morgan fingerprint density at radius 2 is 2.33 bits per heavy atom. The zero-order valence-corrected chi connectivity index (χ0v) is 11.0. The van der Waals surface area contributed by atoms with Crippen molar-refractivity contribution >= 4 is 12.2 Å². The zero-order chi connectivity index (χ0) is 12.5. The maximum atomic E-state index is 5.93. The van der Waals surface area contributed by atoms with Crippen LogP contribution in [0.5, 0.6) is 5.75 Å². The Labute approximate surface area is 111 Å². The molecule has 4 nitrogen and oxygen atoms in total. The van der Waals surface area contributed by atoms with Crippen molar-refractivity contribution in [1.82, 2.24) is 14.8 Å². The molecule has 1 aliphatic heterocycles. The van der Waals surface area contributed by atoms with Gasteiger partial charge in [-0.15, -0.1) is 0 Å². The molecule has 18 heavy (non-hydrogen) atoms. The van der Waals surface area contributed by atoms with Crippen molar-refractivity contribution in [3.8, 4) is 5.75 Å². The van der Waals surface area contributed by atoms with Crippen LogP contribution in [0.1, 0.15) is 18.3 Å². The lowest BCUT2D eigenvalue weighted by Gasteiger charge is -2.12. The fraction of sp³-hybridized carbons (Fsp3) is 0.385. The Morgan fingerprint density at radius 3 is 3.11 bits per heavy atom. The summed E-state index contributed by atoms with van der Waals surface area (Å²) in [5.74, 6) is 1.98. The number of H-pyrrole nitrogens is 1. The maximum absolute atomic E-state index is 5.93. The average molecular weight is 261 g/mol. The molecule has 2 aromatic rings. The smallest absolute Gasteiger partial charge is 0.195 e. The molecule has 94 valence electrons. The van der Waals surface area contributed by atoms with Crippen LogP contribution in [0.3, 0.4) is 0 Å². The van der Waals surface area contributed by atoms with Crippen molar-refractivity contribution in [2.24, 2.45) is 0 Å². The Hall–Kier alpha value is -1.62. The van der Waals surface area contributed by atoms with Gasteiger partial charge in [0.05, 0.1) is 6.54 Å². The highest BCUT2D eigenvalue weighted by Crippen LogP contribution is 2.28. The van der Waals surface area contributed by atoms with E-state index in [0.717, 1.165) is 31.0 Å². The first-order valence-corrected chi connectivity index (χ1v) is 6.57. The summed E-state index contributed by atoms with van der Waals surface area (Å²) in [4.78, 5) is 0. The molecule has 5 heteroatoms. The molecule has 0 radical (unpaired) electrons. The summed E-state index contributed by atoms with van der Waals surface area (Å²) in [6, 6.07) is 8.18. The predicted octanol–water partition coefficient (Wildman–Crippen LogP) is 2.51. The van der Waals surface area contributed by atoms with Gasteiger partial charge in [0.1, 0.15) is 17.7 Å². The standard InChI is InChI=1S/C13H15N3OS/c1-2-12-14-15-13(18)16(12)8-10-7-9-5-3-4-6-11(9)17-10/h3-6,10H,2,7-8H2,1H3,(H,15,18). The van der Waals surface area contributed by atoms with E-state index in [2.05, 4.69) is 23.2 Å². The van der Waals surface area contributed by atoms with Gasteiger partial charge in [-0.25, -0.2) is 0 Å². The number of para-hydroxylation sites is 1. The van der Waals surface area contributed by atoms with Gasteiger partial charge in [0.2, 0.25) is 0 Å². The van der Waals surface area contributed by atoms with E-state index in [1.54, 1.807) is 0 Å². The molecule has 0 fully saturated rings. The molecule has 0 bridgehead atoms. The van der Waals surface area contributed by atoms with E-state index in [-0.39, 0.29) is 6.10 Å². The number of benzene rings is 1. The molecule has 0 aliphatic carbocycles. The summed E-state index contributed by atoms with van der Waals surface area (Å²) in [5, 5.41) is 7.06. The van der Waals surface area contributed by atoms with Crippen LogP contribution in [0.15, 0.2) is 24.3 Å². The van der Waals surface area contributed by atoms with Crippen LogP contribution in [0.25, 0.3) is 0 Å². The number of ether oxygens (including phenoxy) is 1. The molecule has 1 aliphatic rings. The van der Waals surface area contributed by atoms with Crippen LogP contribution >= 0.6 is 12.2 Å². The predicted molar refractivity (Wildman–Crippen MR) is 71.4 cm³/mol. The lowest BCUT2D eigenvalue weighted by molar-refractivity contribution is 0.207. The highest BCUT2D eigenvalue weighted by atomic mass is 32.1. The number of rotatable bonds is 3. The second-order valence-corrected chi connectivity index (χ2v) is 4.85. The number of aromatic amines is 1. The zero-order valence-electron chi connectivity index (χ0n) is 10.2. The van der Waals surface area contributed by atoms with Gasteiger partial charge in [-0.05, 0) is 23.8 Å². The minimum atomic E-state index is 0.150. The Balaban J connectivity index is 1.80. The van der Waals surface area contributed by atoms with Crippen LogP contribution in [-0.2, 0) is 19.4 Å². The molecule has 1 aromatic heterocycles. The van der Waals surface area contributed by atoms with E-state index >= 15 is 0 Å². The van der Waals surface area contributed by atoms with Crippen molar-refractivity contribution in [3.63, 3.8) is 0 Å². The Morgan fingerprint density at radius 1 is 1.50 bits per heavy atom. The number of hydrogen-bond donors (Lipinski definition) is 1. The molecule has 0 spiro atoms. The molecule has 2 heterocycles. The van der Waals surface area contributed by atoms with E-state index in [1.165, 1.54) is 5.56 Å². The van der Waals surface area contributed by atoms with Gasteiger partial charge in [-0.1, -0.05) is 25.1 Å². The molecule has 3 rings (SSSR count). The van der Waals surface area contributed by atoms with Crippen molar-refractivity contribution in [2.45, 2.75) is 32.4 Å². The third-order valence-electron chi connectivity index (χ3n) is 3.25. The fourth-order valence-corrected chi connectivity index (χ4v) is 2.59. The summed E-state index contributed by atoms with van der Waals surface area (Å²) < 4.78 is 8.63. The molecule has 1 aromatic carbocycles. The maximum Gasteiger partial charge on any atom is 0.195 e. The van der Waals surface area contributed by atoms with Crippen LogP contribution in [-0.4, -0.2) is 20.9 Å². The Kier molecular flexibility index (Phi) is 2.91.